The molecular weight excluding hydrogens is 1020 g/mol. The molecule has 4 unspecified atom stereocenters. The number of allylic oxidation sites excluding steroid dienone is 4. The van der Waals surface area contributed by atoms with Crippen LogP contribution in [-0.4, -0.2) is 109 Å². The molecule has 4 atom stereocenters. The molecule has 12 rings (SSSR count). The van der Waals surface area contributed by atoms with Gasteiger partial charge >= 0.3 is 0 Å². The molecule has 0 saturated carbocycles. The van der Waals surface area contributed by atoms with E-state index in [-0.39, 0.29) is 42.0 Å². The molecule has 0 spiro atoms. The molecule has 2 aliphatic carbocycles. The van der Waals surface area contributed by atoms with Crippen molar-refractivity contribution in [2.45, 2.75) is 49.7 Å². The molecule has 2 aliphatic heterocycles. The highest BCUT2D eigenvalue weighted by molar-refractivity contribution is 5.98. The van der Waals surface area contributed by atoms with Gasteiger partial charge in [-0.2, -0.15) is 0 Å². The number of Topliss-reactive ketones (excluding diaryl/α,β-unsaturated/α-hetero) is 1. The lowest BCUT2D eigenvalue weighted by molar-refractivity contribution is -0.121. The fraction of sp³-hybridized carbons (Fsp3) is 0.286. The molecule has 2 fully saturated rings. The fourth-order valence-corrected chi connectivity index (χ4v) is 11.6. The highest BCUT2D eigenvalue weighted by Gasteiger charge is 2.48. The summed E-state index contributed by atoms with van der Waals surface area (Å²) in [5.74, 6) is -1.64. The van der Waals surface area contributed by atoms with Gasteiger partial charge in [0.05, 0.1) is 36.2 Å². The second-order valence-corrected chi connectivity index (χ2v) is 20.8. The SMILES string of the molecule is O=C(C1C=CC(OCCN2CCCCC2)(c2conc2-c2ccc(O)cc2)C(c2conc2-c2ccc(O)cc2)=C1)C1C=CC(OCCN2CCCCC2)(c2conc2-c2ccc(O)cc2)C(c2conc2-c2ccc(O)cc2)=C1. The van der Waals surface area contributed by atoms with Crippen molar-refractivity contribution >= 4 is 16.9 Å². The summed E-state index contributed by atoms with van der Waals surface area (Å²) in [5.41, 5.74) is 4.78. The number of ether oxygens (including phenoxy) is 2. The van der Waals surface area contributed by atoms with Crippen LogP contribution in [0.3, 0.4) is 0 Å². The van der Waals surface area contributed by atoms with E-state index in [0.29, 0.717) is 91.5 Å². The van der Waals surface area contributed by atoms with Crippen molar-refractivity contribution in [1.29, 1.82) is 0 Å². The summed E-state index contributed by atoms with van der Waals surface area (Å²) < 4.78 is 37.9. The molecule has 17 nitrogen and oxygen atoms in total. The largest absolute Gasteiger partial charge is 0.508 e. The van der Waals surface area contributed by atoms with Gasteiger partial charge in [0, 0.05) is 57.6 Å². The topological polar surface area (TPSA) is 227 Å². The lowest BCUT2D eigenvalue weighted by atomic mass is 9.71. The maximum Gasteiger partial charge on any atom is 0.154 e. The number of aromatic nitrogens is 4. The van der Waals surface area contributed by atoms with Crippen LogP contribution in [0, 0.1) is 11.8 Å². The van der Waals surface area contributed by atoms with Gasteiger partial charge in [-0.15, -0.1) is 0 Å². The molecule has 4 aromatic heterocycles. The van der Waals surface area contributed by atoms with Gasteiger partial charge in [-0.05, 0) is 161 Å². The van der Waals surface area contributed by atoms with Crippen molar-refractivity contribution in [3.63, 3.8) is 0 Å². The molecule has 17 heteroatoms. The van der Waals surface area contributed by atoms with Crippen LogP contribution >= 0.6 is 0 Å². The van der Waals surface area contributed by atoms with E-state index in [4.69, 9.17) is 27.6 Å². The molecule has 4 aromatic carbocycles. The van der Waals surface area contributed by atoms with E-state index in [9.17, 15) is 20.4 Å². The molecule has 0 amide bonds. The summed E-state index contributed by atoms with van der Waals surface area (Å²) in [7, 11) is 0. The number of ketones is 1. The van der Waals surface area contributed by atoms with Crippen molar-refractivity contribution in [3.8, 4) is 68.0 Å². The minimum atomic E-state index is -1.45. The van der Waals surface area contributed by atoms with Crippen molar-refractivity contribution < 1.29 is 52.8 Å². The third-order valence-electron chi connectivity index (χ3n) is 15.8. The number of hydrogen-bond acceptors (Lipinski definition) is 17. The standard InChI is InChI=1S/C63H60N6O11/c70-47-15-7-41(8-16-47)57-51(37-77-64-57)53-35-45(23-25-62(53,75-33-31-68-27-3-1-4-28-68)55-39-79-66-59(55)43-11-19-49(72)20-12-43)61(74)46-24-26-63(76-34-32-69-29-5-2-6-30-69,56-40-80-67-60(56)44-13-21-50(73)22-14-44)54(36-46)52-38-78-65-58(52)42-9-17-48(71)18-10-42/h7-26,35-40,45-46,70-73H,1-6,27-34H2. The van der Waals surface area contributed by atoms with Gasteiger partial charge in [0.2, 0.25) is 0 Å². The minimum Gasteiger partial charge on any atom is -0.508 e. The molecule has 8 aromatic rings. The lowest BCUT2D eigenvalue weighted by Gasteiger charge is -2.39. The number of aromatic hydroxyl groups is 4. The van der Waals surface area contributed by atoms with E-state index < -0.39 is 23.0 Å². The zero-order valence-electron chi connectivity index (χ0n) is 43.9. The van der Waals surface area contributed by atoms with Crippen LogP contribution in [-0.2, 0) is 25.5 Å². The summed E-state index contributed by atoms with van der Waals surface area (Å²) in [5, 5.41) is 59.5. The Labute approximate surface area is 461 Å². The highest BCUT2D eigenvalue weighted by atomic mass is 16.5. The number of carbonyl (C=O) groups is 1. The molecule has 0 bridgehead atoms. The summed E-state index contributed by atoms with van der Waals surface area (Å²) in [6.45, 7) is 5.64. The van der Waals surface area contributed by atoms with Crippen LogP contribution < -0.4 is 0 Å². The number of nitrogens with zero attached hydrogens (tertiary/aromatic N) is 6. The molecule has 6 heterocycles. The van der Waals surface area contributed by atoms with Gasteiger partial charge < -0.3 is 57.8 Å². The Hall–Kier alpha value is -8.61. The van der Waals surface area contributed by atoms with Gasteiger partial charge in [-0.3, -0.25) is 4.79 Å². The summed E-state index contributed by atoms with van der Waals surface area (Å²) in [6.07, 6.45) is 24.3. The van der Waals surface area contributed by atoms with Crippen molar-refractivity contribution in [2.75, 3.05) is 52.5 Å². The Balaban J connectivity index is 1.01. The first-order chi connectivity index (χ1) is 39.2. The van der Waals surface area contributed by atoms with Crippen LogP contribution in [0.2, 0.25) is 0 Å². The van der Waals surface area contributed by atoms with Gasteiger partial charge in [-0.25, -0.2) is 0 Å². The number of phenols is 4. The van der Waals surface area contributed by atoms with Gasteiger partial charge in [-0.1, -0.05) is 57.8 Å². The van der Waals surface area contributed by atoms with Crippen molar-refractivity contribution in [1.82, 2.24) is 30.4 Å². The number of piperidine rings is 2. The predicted octanol–water partition coefficient (Wildman–Crippen LogP) is 11.3. The number of likely N-dealkylation sites (tertiary alicyclic amines) is 2. The Kier molecular flexibility index (Phi) is 14.7. The van der Waals surface area contributed by atoms with Crippen LogP contribution in [0.1, 0.15) is 60.8 Å². The first-order valence-electron chi connectivity index (χ1n) is 27.2. The Morgan fingerprint density at radius 2 is 0.787 bits per heavy atom. The molecule has 4 N–H and O–H groups in total. The molecule has 408 valence electrons. The van der Waals surface area contributed by atoms with Crippen molar-refractivity contribution in [2.24, 2.45) is 11.8 Å². The molecular formula is C63H60N6O11. The zero-order chi connectivity index (χ0) is 54.6. The second kappa shape index (κ2) is 22.6. The molecule has 4 aliphatic rings. The zero-order valence-corrected chi connectivity index (χ0v) is 43.9. The number of hydrogen-bond donors (Lipinski definition) is 4. The van der Waals surface area contributed by atoms with Crippen LogP contribution in [0.15, 0.2) is 177 Å². The van der Waals surface area contributed by atoms with E-state index in [1.165, 1.54) is 12.8 Å². The third-order valence-corrected chi connectivity index (χ3v) is 15.8. The molecule has 0 radical (unpaired) electrons. The minimum absolute atomic E-state index is 0.0778. The predicted molar refractivity (Wildman–Crippen MR) is 296 cm³/mol. The maximum absolute atomic E-state index is 15.9. The van der Waals surface area contributed by atoms with E-state index in [0.717, 1.165) is 51.9 Å². The monoisotopic (exact) mass is 1080 g/mol. The number of rotatable bonds is 18. The Morgan fingerprint density at radius 3 is 1.15 bits per heavy atom. The normalized spacial score (nSPS) is 21.6. The summed E-state index contributed by atoms with van der Waals surface area (Å²) in [4.78, 5) is 20.7. The summed E-state index contributed by atoms with van der Waals surface area (Å²) >= 11 is 0. The fourth-order valence-electron chi connectivity index (χ4n) is 11.6. The number of benzene rings is 4. The Morgan fingerprint density at radius 1 is 0.463 bits per heavy atom. The van der Waals surface area contributed by atoms with Crippen LogP contribution in [0.4, 0.5) is 0 Å². The maximum atomic E-state index is 15.9. The molecule has 80 heavy (non-hydrogen) atoms. The van der Waals surface area contributed by atoms with Crippen LogP contribution in [0.5, 0.6) is 23.0 Å². The van der Waals surface area contributed by atoms with E-state index in [1.54, 1.807) is 122 Å². The Bertz CT molecular complexity index is 3330. The lowest BCUT2D eigenvalue weighted by Crippen LogP contribution is -2.39. The average molecular weight is 1080 g/mol. The summed E-state index contributed by atoms with van der Waals surface area (Å²) in [6, 6.07) is 26.7. The third kappa shape index (κ3) is 10.3. The van der Waals surface area contributed by atoms with Crippen LogP contribution in [0.25, 0.3) is 56.2 Å². The van der Waals surface area contributed by atoms with E-state index in [1.807, 2.05) is 36.5 Å². The van der Waals surface area contributed by atoms with Crippen molar-refractivity contribution in [3.05, 3.63) is 181 Å². The average Bonchev–Trinajstić information content (AvgIpc) is 4.39. The van der Waals surface area contributed by atoms with E-state index >= 15 is 4.79 Å². The van der Waals surface area contributed by atoms with Gasteiger partial charge in [0.15, 0.2) is 5.78 Å². The number of phenolic OH excluding ortho intramolecular Hbond substituents is 4. The van der Waals surface area contributed by atoms with Gasteiger partial charge in [0.1, 0.15) is 82.0 Å². The first-order valence-corrected chi connectivity index (χ1v) is 27.2. The quantitative estimate of drug-likeness (QED) is 0.0586. The number of carbonyl (C=O) groups excluding carboxylic acids is 1. The van der Waals surface area contributed by atoms with Gasteiger partial charge in [0.25, 0.3) is 0 Å². The highest BCUT2D eigenvalue weighted by Crippen LogP contribution is 2.53. The first kappa shape index (κ1) is 52.1. The van der Waals surface area contributed by atoms with E-state index in [2.05, 4.69) is 30.4 Å². The molecule has 2 saturated heterocycles. The second-order valence-electron chi connectivity index (χ2n) is 20.8. The smallest absolute Gasteiger partial charge is 0.154 e.